The van der Waals surface area contributed by atoms with Crippen LogP contribution in [-0.2, 0) is 32.0 Å². The summed E-state index contributed by atoms with van der Waals surface area (Å²) in [6, 6.07) is 16.5. The quantitative estimate of drug-likeness (QED) is 0.228. The number of methoxy groups -OCH3 is 1. The van der Waals surface area contributed by atoms with Gasteiger partial charge in [0, 0.05) is 24.3 Å². The number of allylic oxidation sites excluding steroid dienone is 1. The molecule has 0 radical (unpaired) electrons. The zero-order valence-electron chi connectivity index (χ0n) is 21.4. The molecule has 7 nitrogen and oxygen atoms in total. The molecular formula is C27H32CsNO6. The summed E-state index contributed by atoms with van der Waals surface area (Å²) < 4.78 is 15.7. The summed E-state index contributed by atoms with van der Waals surface area (Å²) in [4.78, 5) is 26.7. The molecule has 0 aliphatic rings. The molecule has 0 saturated carbocycles. The molecule has 1 amide bonds. The smallest absolute Gasteiger partial charge is 0.612 e. The summed E-state index contributed by atoms with van der Waals surface area (Å²) in [5.41, 5.74) is 1.09. The van der Waals surface area contributed by atoms with E-state index < -0.39 is 23.4 Å². The molecule has 182 valence electrons. The van der Waals surface area contributed by atoms with Crippen LogP contribution in [0.3, 0.4) is 0 Å². The number of hydrogen-bond donors (Lipinski definition) is 0. The Hall–Kier alpha value is -1.69. The van der Waals surface area contributed by atoms with Crippen LogP contribution in [0, 0.1) is 0 Å². The van der Waals surface area contributed by atoms with Crippen molar-refractivity contribution in [2.75, 3.05) is 13.7 Å². The van der Waals surface area contributed by atoms with Gasteiger partial charge in [-0.1, -0.05) is 49.4 Å². The van der Waals surface area contributed by atoms with Crippen LogP contribution in [0.4, 0.5) is 0 Å². The van der Waals surface area contributed by atoms with Gasteiger partial charge >= 0.3 is 74.9 Å². The zero-order chi connectivity index (χ0) is 25.1. The minimum atomic E-state index is -0.692. The molecule has 2 aromatic carbocycles. The fourth-order valence-corrected chi connectivity index (χ4v) is 3.07. The van der Waals surface area contributed by atoms with Crippen molar-refractivity contribution in [2.24, 2.45) is 0 Å². The molecule has 0 aliphatic heterocycles. The average molecular weight is 599 g/mol. The van der Waals surface area contributed by atoms with Gasteiger partial charge in [-0.25, -0.2) is 4.79 Å². The van der Waals surface area contributed by atoms with Gasteiger partial charge < -0.3 is 24.2 Å². The number of carbonyl (C=O) groups excluding carboxylic acids is 2. The third-order valence-corrected chi connectivity index (χ3v) is 4.59. The first-order valence-corrected chi connectivity index (χ1v) is 11.0. The molecule has 0 atom stereocenters. The van der Waals surface area contributed by atoms with Crippen molar-refractivity contribution >= 4 is 11.9 Å². The minimum Gasteiger partial charge on any atom is -0.612 e. The predicted molar refractivity (Wildman–Crippen MR) is 127 cm³/mol. The van der Waals surface area contributed by atoms with Gasteiger partial charge in [-0.05, 0) is 50.6 Å². The van der Waals surface area contributed by atoms with Crippen molar-refractivity contribution in [2.45, 2.75) is 46.3 Å². The van der Waals surface area contributed by atoms with E-state index in [9.17, 15) is 14.7 Å². The maximum absolute atomic E-state index is 13.3. The number of ether oxygens (including phenoxy) is 3. The molecule has 0 saturated heterocycles. The fourth-order valence-electron chi connectivity index (χ4n) is 3.07. The van der Waals surface area contributed by atoms with Gasteiger partial charge in [0.2, 0.25) is 0 Å². The molecule has 0 aromatic heterocycles. The van der Waals surface area contributed by atoms with Crippen LogP contribution in [-0.4, -0.2) is 36.1 Å². The molecule has 0 aliphatic carbocycles. The van der Waals surface area contributed by atoms with Crippen LogP contribution in [0.25, 0.3) is 0 Å². The van der Waals surface area contributed by atoms with Gasteiger partial charge in [0.15, 0.2) is 0 Å². The van der Waals surface area contributed by atoms with Crippen molar-refractivity contribution in [3.8, 4) is 5.75 Å². The van der Waals surface area contributed by atoms with E-state index in [-0.39, 0.29) is 94.2 Å². The van der Waals surface area contributed by atoms with Crippen LogP contribution in [0.2, 0.25) is 0 Å². The zero-order valence-corrected chi connectivity index (χ0v) is 27.6. The second-order valence-electron chi connectivity index (χ2n) is 8.47. The second kappa shape index (κ2) is 15.4. The van der Waals surface area contributed by atoms with E-state index >= 15 is 0 Å². The number of esters is 1. The molecule has 2 aromatic rings. The van der Waals surface area contributed by atoms with Crippen LogP contribution in [0.15, 0.2) is 78.4 Å². The van der Waals surface area contributed by atoms with Crippen molar-refractivity contribution in [3.63, 3.8) is 0 Å². The summed E-state index contributed by atoms with van der Waals surface area (Å²) in [6.45, 7) is 7.18. The molecule has 0 bridgehead atoms. The molecule has 0 heterocycles. The Labute approximate surface area is 266 Å². The maximum Gasteiger partial charge on any atom is 1.00 e. The first-order chi connectivity index (χ1) is 16.1. The Morgan fingerprint density at radius 1 is 0.971 bits per heavy atom. The number of hydrogen-bond acceptors (Lipinski definition) is 6. The van der Waals surface area contributed by atoms with Crippen molar-refractivity contribution in [1.82, 2.24) is 4.90 Å². The molecule has 0 N–H and O–H groups in total. The summed E-state index contributed by atoms with van der Waals surface area (Å²) >= 11 is 0. The number of rotatable bonds is 10. The Balaban J connectivity index is 0.00000612. The maximum atomic E-state index is 13.3. The van der Waals surface area contributed by atoms with E-state index in [0.717, 1.165) is 23.3 Å². The SMILES string of the molecule is CCO/C([O-])=C(/Cc1ccccc1)N(Cc1ccc(OC)cc1)C(=O)/C=C/C(=O)OC(C)(C)C.[Cs+]. The molecular weight excluding hydrogens is 567 g/mol. The molecule has 0 unspecified atom stereocenters. The Bertz CT molecular complexity index is 1010. The Morgan fingerprint density at radius 3 is 2.14 bits per heavy atom. The molecule has 0 spiro atoms. The first kappa shape index (κ1) is 31.3. The van der Waals surface area contributed by atoms with Crippen LogP contribution in [0.1, 0.15) is 38.8 Å². The van der Waals surface area contributed by atoms with Crippen LogP contribution >= 0.6 is 0 Å². The minimum absolute atomic E-state index is 0. The third kappa shape index (κ3) is 11.3. The summed E-state index contributed by atoms with van der Waals surface area (Å²) in [5.74, 6) is -1.11. The van der Waals surface area contributed by atoms with Gasteiger partial charge in [-0.2, -0.15) is 0 Å². The van der Waals surface area contributed by atoms with Crippen molar-refractivity contribution < 1.29 is 97.8 Å². The summed E-state index contributed by atoms with van der Waals surface area (Å²) in [5, 5.41) is 12.9. The monoisotopic (exact) mass is 599 g/mol. The number of amides is 1. The van der Waals surface area contributed by atoms with E-state index in [1.807, 2.05) is 42.5 Å². The van der Waals surface area contributed by atoms with Crippen molar-refractivity contribution in [1.29, 1.82) is 0 Å². The fraction of sp³-hybridized carbons (Fsp3) is 0.333. The standard InChI is InChI=1S/C27H33NO6.Cs/c1-6-33-26(31)23(18-20-10-8-7-9-11-20)28(19-21-12-14-22(32-5)15-13-21)24(29)16-17-25(30)34-27(2,3)4;/h7-17,31H,6,18-19H2,1-5H3;/q;+1/p-1/b17-16+,26-23-;. The van der Waals surface area contributed by atoms with Gasteiger partial charge in [0.1, 0.15) is 11.4 Å². The summed E-state index contributed by atoms with van der Waals surface area (Å²) in [6.07, 6.45) is 2.36. The number of carbonyl (C=O) groups is 2. The average Bonchev–Trinajstić information content (AvgIpc) is 2.80. The van der Waals surface area contributed by atoms with E-state index in [2.05, 4.69) is 0 Å². The number of benzene rings is 2. The molecule has 0 fully saturated rings. The Kier molecular flexibility index (Phi) is 13.8. The van der Waals surface area contributed by atoms with Gasteiger partial charge in [0.25, 0.3) is 5.91 Å². The third-order valence-electron chi connectivity index (χ3n) is 4.59. The van der Waals surface area contributed by atoms with E-state index in [1.54, 1.807) is 46.9 Å². The largest absolute Gasteiger partial charge is 1.00 e. The predicted octanol–water partition coefficient (Wildman–Crippen LogP) is 0.734. The second-order valence-corrected chi connectivity index (χ2v) is 8.47. The van der Waals surface area contributed by atoms with Crippen LogP contribution < -0.4 is 78.7 Å². The Morgan fingerprint density at radius 2 is 1.60 bits per heavy atom. The molecule has 35 heavy (non-hydrogen) atoms. The van der Waals surface area contributed by atoms with E-state index in [1.165, 1.54) is 4.90 Å². The van der Waals surface area contributed by atoms with E-state index in [0.29, 0.717) is 5.75 Å². The van der Waals surface area contributed by atoms with Gasteiger partial charge in [0.05, 0.1) is 19.6 Å². The van der Waals surface area contributed by atoms with Crippen molar-refractivity contribution in [3.05, 3.63) is 89.5 Å². The normalized spacial score (nSPS) is 11.8. The first-order valence-electron chi connectivity index (χ1n) is 11.0. The van der Waals surface area contributed by atoms with Crippen LogP contribution in [0.5, 0.6) is 5.75 Å². The summed E-state index contributed by atoms with van der Waals surface area (Å²) in [7, 11) is 1.57. The van der Waals surface area contributed by atoms with Gasteiger partial charge in [-0.3, -0.25) is 4.79 Å². The van der Waals surface area contributed by atoms with E-state index in [4.69, 9.17) is 14.2 Å². The molecule has 2 rings (SSSR count). The van der Waals surface area contributed by atoms with Gasteiger partial charge in [-0.15, -0.1) is 0 Å². The number of nitrogens with zero attached hydrogens (tertiary/aromatic N) is 1. The topological polar surface area (TPSA) is 88.1 Å². The molecule has 8 heteroatoms.